The van der Waals surface area contributed by atoms with Gasteiger partial charge in [-0.25, -0.2) is 13.8 Å². The van der Waals surface area contributed by atoms with E-state index < -0.39 is 34.2 Å². The molecule has 3 aromatic rings. The number of carbonyl (C=O) groups is 1. The normalized spacial score (nSPS) is 12.3. The maximum absolute atomic E-state index is 13.8. The number of amides is 1. The van der Waals surface area contributed by atoms with Crippen LogP contribution in [0.4, 0.5) is 13.2 Å². The molecular formula is C26H24Cl2F3N3O3S. The number of benzene rings is 3. The van der Waals surface area contributed by atoms with Gasteiger partial charge in [-0.15, -0.1) is 0 Å². The van der Waals surface area contributed by atoms with Crippen LogP contribution < -0.4 is 5.43 Å². The van der Waals surface area contributed by atoms with Gasteiger partial charge in [-0.1, -0.05) is 65.2 Å². The fourth-order valence-corrected chi connectivity index (χ4v) is 6.12. The van der Waals surface area contributed by atoms with Gasteiger partial charge in [-0.05, 0) is 55.7 Å². The van der Waals surface area contributed by atoms with Crippen molar-refractivity contribution in [3.05, 3.63) is 98.0 Å². The highest BCUT2D eigenvalue weighted by molar-refractivity contribution is 7.89. The predicted octanol–water partition coefficient (Wildman–Crippen LogP) is 6.28. The van der Waals surface area contributed by atoms with Gasteiger partial charge in [0.05, 0.1) is 33.3 Å². The van der Waals surface area contributed by atoms with Gasteiger partial charge in [0.15, 0.2) is 0 Å². The Morgan fingerprint density at radius 2 is 1.63 bits per heavy atom. The number of hydrogen-bond donors (Lipinski definition) is 1. The Bertz CT molecular complexity index is 1470. The molecule has 0 saturated heterocycles. The number of nitrogens with zero attached hydrogens (tertiary/aromatic N) is 2. The predicted molar refractivity (Wildman–Crippen MR) is 142 cm³/mol. The molecule has 0 aliphatic heterocycles. The van der Waals surface area contributed by atoms with E-state index in [0.29, 0.717) is 16.7 Å². The third-order valence-electron chi connectivity index (χ3n) is 5.52. The zero-order valence-electron chi connectivity index (χ0n) is 20.6. The molecule has 0 radical (unpaired) electrons. The summed E-state index contributed by atoms with van der Waals surface area (Å²) in [6, 6.07) is 12.7. The summed E-state index contributed by atoms with van der Waals surface area (Å²) in [7, 11) is -4.20. The van der Waals surface area contributed by atoms with Crippen molar-refractivity contribution in [1.29, 1.82) is 0 Å². The molecule has 3 aromatic carbocycles. The average molecular weight is 586 g/mol. The van der Waals surface area contributed by atoms with E-state index in [0.717, 1.165) is 22.1 Å². The lowest BCUT2D eigenvalue weighted by Crippen LogP contribution is -2.39. The molecule has 0 spiro atoms. The van der Waals surface area contributed by atoms with E-state index in [1.807, 2.05) is 6.92 Å². The monoisotopic (exact) mass is 585 g/mol. The lowest BCUT2D eigenvalue weighted by molar-refractivity contribution is -0.137. The second kappa shape index (κ2) is 11.9. The number of hydrazone groups is 1. The molecule has 6 nitrogen and oxygen atoms in total. The van der Waals surface area contributed by atoms with E-state index >= 15 is 0 Å². The quantitative estimate of drug-likeness (QED) is 0.249. The van der Waals surface area contributed by atoms with Crippen LogP contribution in [0.2, 0.25) is 10.0 Å². The second-order valence-electron chi connectivity index (χ2n) is 8.63. The fourth-order valence-electron chi connectivity index (χ4n) is 4.01. The average Bonchev–Trinajstić information content (AvgIpc) is 2.80. The molecule has 0 heterocycles. The van der Waals surface area contributed by atoms with Gasteiger partial charge in [-0.3, -0.25) is 4.79 Å². The summed E-state index contributed by atoms with van der Waals surface area (Å²) in [6.07, 6.45) is -3.76. The van der Waals surface area contributed by atoms with Gasteiger partial charge in [0.1, 0.15) is 0 Å². The van der Waals surface area contributed by atoms with E-state index in [4.69, 9.17) is 23.2 Å². The summed E-state index contributed by atoms with van der Waals surface area (Å²) in [5.74, 6) is -0.850. The number of sulfonamides is 1. The standard InChI is InChI=1S/C26H24Cl2F3N3O3S/c1-16-10-17(2)25(18(3)11-16)38(36,37)34(14-19-8-9-22(27)23(28)12-19)15-24(35)33-32-13-20-6-4-5-7-21(20)26(29,30)31/h4-13H,14-15H2,1-3H3,(H,33,35)/b32-13+. The largest absolute Gasteiger partial charge is 0.417 e. The van der Waals surface area contributed by atoms with E-state index in [9.17, 15) is 26.4 Å². The molecule has 0 aliphatic carbocycles. The van der Waals surface area contributed by atoms with E-state index in [2.05, 4.69) is 10.5 Å². The highest BCUT2D eigenvalue weighted by Gasteiger charge is 2.33. The molecule has 0 unspecified atom stereocenters. The SMILES string of the molecule is Cc1cc(C)c(S(=O)(=O)N(CC(=O)N/N=C/c2ccccc2C(F)(F)F)Cc2ccc(Cl)c(Cl)c2)c(C)c1. The summed E-state index contributed by atoms with van der Waals surface area (Å²) in [6.45, 7) is 4.28. The molecule has 3 rings (SSSR count). The zero-order valence-corrected chi connectivity index (χ0v) is 22.9. The van der Waals surface area contributed by atoms with Gasteiger partial charge < -0.3 is 0 Å². The molecule has 0 bridgehead atoms. The molecule has 0 fully saturated rings. The maximum Gasteiger partial charge on any atom is 0.417 e. The van der Waals surface area contributed by atoms with Crippen LogP contribution in [0.25, 0.3) is 0 Å². The minimum atomic E-state index is -4.61. The lowest BCUT2D eigenvalue weighted by atomic mass is 10.1. The number of rotatable bonds is 8. The smallest absolute Gasteiger partial charge is 0.272 e. The number of aryl methyl sites for hydroxylation is 3. The Kier molecular flexibility index (Phi) is 9.25. The van der Waals surface area contributed by atoms with Gasteiger partial charge in [0.25, 0.3) is 5.91 Å². The van der Waals surface area contributed by atoms with Crippen molar-refractivity contribution in [2.24, 2.45) is 5.10 Å². The van der Waals surface area contributed by atoms with Gasteiger partial charge in [0, 0.05) is 12.1 Å². The minimum Gasteiger partial charge on any atom is -0.272 e. The van der Waals surface area contributed by atoms with Gasteiger partial charge in [0.2, 0.25) is 10.0 Å². The molecule has 12 heteroatoms. The first kappa shape index (κ1) is 29.6. The molecule has 1 N–H and O–H groups in total. The summed E-state index contributed by atoms with van der Waals surface area (Å²) < 4.78 is 68.1. The van der Waals surface area contributed by atoms with Gasteiger partial charge >= 0.3 is 6.18 Å². The molecule has 202 valence electrons. The van der Waals surface area contributed by atoms with Crippen molar-refractivity contribution in [2.45, 2.75) is 38.4 Å². The van der Waals surface area contributed by atoms with Crippen LogP contribution >= 0.6 is 23.2 Å². The second-order valence-corrected chi connectivity index (χ2v) is 11.3. The molecule has 0 saturated carbocycles. The van der Waals surface area contributed by atoms with Crippen molar-refractivity contribution in [3.8, 4) is 0 Å². The van der Waals surface area contributed by atoms with Crippen molar-refractivity contribution < 1.29 is 26.4 Å². The van der Waals surface area contributed by atoms with E-state index in [1.165, 1.54) is 30.3 Å². The Labute approximate surface area is 229 Å². The number of nitrogens with one attached hydrogen (secondary N) is 1. The van der Waals surface area contributed by atoms with Crippen LogP contribution in [0.3, 0.4) is 0 Å². The lowest BCUT2D eigenvalue weighted by Gasteiger charge is -2.24. The highest BCUT2D eigenvalue weighted by Crippen LogP contribution is 2.31. The van der Waals surface area contributed by atoms with E-state index in [1.54, 1.807) is 32.0 Å². The van der Waals surface area contributed by atoms with Crippen LogP contribution in [-0.2, 0) is 27.5 Å². The molecular weight excluding hydrogens is 562 g/mol. The van der Waals surface area contributed by atoms with Crippen LogP contribution in [0.5, 0.6) is 0 Å². The van der Waals surface area contributed by atoms with Crippen molar-refractivity contribution >= 4 is 45.3 Å². The fraction of sp³-hybridized carbons (Fsp3) is 0.231. The number of alkyl halides is 3. The summed E-state index contributed by atoms with van der Waals surface area (Å²) in [5, 5.41) is 4.11. The van der Waals surface area contributed by atoms with Gasteiger partial charge in [-0.2, -0.15) is 22.6 Å². The molecule has 0 aliphatic rings. The van der Waals surface area contributed by atoms with Crippen LogP contribution in [-0.4, -0.2) is 31.4 Å². The Morgan fingerprint density at radius 3 is 2.24 bits per heavy atom. The molecule has 1 amide bonds. The molecule has 0 atom stereocenters. The van der Waals surface area contributed by atoms with E-state index in [-0.39, 0.29) is 27.0 Å². The minimum absolute atomic E-state index is 0.0542. The third-order valence-corrected chi connectivity index (χ3v) is 8.36. The molecule has 38 heavy (non-hydrogen) atoms. The third kappa shape index (κ3) is 7.13. The Balaban J connectivity index is 1.91. The topological polar surface area (TPSA) is 78.8 Å². The summed E-state index contributed by atoms with van der Waals surface area (Å²) >= 11 is 12.1. The van der Waals surface area contributed by atoms with Crippen molar-refractivity contribution in [3.63, 3.8) is 0 Å². The molecule has 0 aromatic heterocycles. The zero-order chi connectivity index (χ0) is 28.3. The number of carbonyl (C=O) groups excluding carboxylic acids is 1. The summed E-state index contributed by atoms with van der Waals surface area (Å²) in [5.41, 5.74) is 3.29. The van der Waals surface area contributed by atoms with Crippen molar-refractivity contribution in [1.82, 2.24) is 9.73 Å². The Morgan fingerprint density at radius 1 is 1.00 bits per heavy atom. The van der Waals surface area contributed by atoms with Crippen LogP contribution in [0, 0.1) is 20.8 Å². The van der Waals surface area contributed by atoms with Crippen molar-refractivity contribution in [2.75, 3.05) is 6.54 Å². The van der Waals surface area contributed by atoms with Crippen LogP contribution in [0.15, 0.2) is 64.6 Å². The number of halogens is 5. The first-order valence-corrected chi connectivity index (χ1v) is 13.4. The first-order valence-electron chi connectivity index (χ1n) is 11.2. The number of hydrogen-bond acceptors (Lipinski definition) is 4. The summed E-state index contributed by atoms with van der Waals surface area (Å²) in [4.78, 5) is 12.8. The first-order chi connectivity index (χ1) is 17.7. The Hall–Kier alpha value is -2.92. The van der Waals surface area contributed by atoms with Crippen LogP contribution in [0.1, 0.15) is 33.4 Å². The maximum atomic E-state index is 13.8. The highest BCUT2D eigenvalue weighted by atomic mass is 35.5.